The van der Waals surface area contributed by atoms with E-state index in [1.54, 1.807) is 0 Å². The zero-order valence-corrected chi connectivity index (χ0v) is 13.0. The molecule has 0 saturated heterocycles. The average Bonchev–Trinajstić information content (AvgIpc) is 2.58. The van der Waals surface area contributed by atoms with Crippen LogP contribution < -0.4 is 5.32 Å². The van der Waals surface area contributed by atoms with Gasteiger partial charge in [0, 0.05) is 26.1 Å². The zero-order valence-electron chi connectivity index (χ0n) is 11.4. The molecular weight excluding hydrogens is 320 g/mol. The molecule has 1 heterocycles. The van der Waals surface area contributed by atoms with E-state index in [1.165, 1.54) is 0 Å². The topological polar surface area (TPSA) is 39.1 Å². The highest BCUT2D eigenvalue weighted by Gasteiger charge is 2.15. The number of aromatic nitrogens is 2. The number of likely N-dealkylation sites (N-methyl/N-ethyl adjacent to an activating group) is 1. The Morgan fingerprint density at radius 1 is 1.47 bits per heavy atom. The van der Waals surface area contributed by atoms with Crippen molar-refractivity contribution in [3.8, 4) is 0 Å². The lowest BCUT2D eigenvalue weighted by Gasteiger charge is -2.16. The third-order valence-electron chi connectivity index (χ3n) is 2.96. The molecule has 1 aromatic rings. The van der Waals surface area contributed by atoms with Gasteiger partial charge in [0.05, 0.1) is 15.9 Å². The lowest BCUT2D eigenvalue weighted by Crippen LogP contribution is -2.30. The Kier molecular flexibility index (Phi) is 6.88. The molecular formula is C12H20BrF2N3O. The number of aryl methyl sites for hydroxylation is 2. The molecule has 0 aliphatic heterocycles. The summed E-state index contributed by atoms with van der Waals surface area (Å²) in [6.07, 6.45) is -0.950. The van der Waals surface area contributed by atoms with Crippen LogP contribution >= 0.6 is 15.9 Å². The fourth-order valence-corrected chi connectivity index (χ4v) is 2.38. The lowest BCUT2D eigenvalue weighted by atomic mass is 10.1. The van der Waals surface area contributed by atoms with Crippen LogP contribution in [0.4, 0.5) is 8.78 Å². The van der Waals surface area contributed by atoms with E-state index in [9.17, 15) is 8.78 Å². The Hall–Kier alpha value is -0.530. The third kappa shape index (κ3) is 5.16. The van der Waals surface area contributed by atoms with E-state index in [1.807, 2.05) is 25.7 Å². The number of nitrogens with zero attached hydrogens (tertiary/aromatic N) is 2. The number of alkyl halides is 2. The first-order valence-electron chi connectivity index (χ1n) is 6.16. The number of hydrogen-bond acceptors (Lipinski definition) is 3. The molecule has 7 heteroatoms. The highest BCUT2D eigenvalue weighted by Crippen LogP contribution is 2.22. The summed E-state index contributed by atoms with van der Waals surface area (Å²) in [5, 5.41) is 7.50. The first-order chi connectivity index (χ1) is 8.95. The van der Waals surface area contributed by atoms with Gasteiger partial charge in [0.1, 0.15) is 6.61 Å². The molecule has 0 aromatic carbocycles. The van der Waals surface area contributed by atoms with Gasteiger partial charge in [0.2, 0.25) is 0 Å². The monoisotopic (exact) mass is 339 g/mol. The van der Waals surface area contributed by atoms with Crippen molar-refractivity contribution in [2.45, 2.75) is 32.2 Å². The lowest BCUT2D eigenvalue weighted by molar-refractivity contribution is 0.0145. The van der Waals surface area contributed by atoms with E-state index in [2.05, 4.69) is 26.3 Å². The molecule has 0 spiro atoms. The molecule has 0 fully saturated rings. The van der Waals surface area contributed by atoms with Crippen LogP contribution in [-0.2, 0) is 18.2 Å². The van der Waals surface area contributed by atoms with Gasteiger partial charge in [-0.3, -0.25) is 4.68 Å². The summed E-state index contributed by atoms with van der Waals surface area (Å²) >= 11 is 3.52. The molecule has 0 bridgehead atoms. The Bertz CT molecular complexity index is 399. The van der Waals surface area contributed by atoms with Crippen molar-refractivity contribution < 1.29 is 13.5 Å². The van der Waals surface area contributed by atoms with Crippen molar-refractivity contribution in [3.05, 3.63) is 15.9 Å². The second kappa shape index (κ2) is 7.91. The molecule has 0 saturated carbocycles. The summed E-state index contributed by atoms with van der Waals surface area (Å²) in [5.74, 6) is 0. The molecule has 1 N–H and O–H groups in total. The summed E-state index contributed by atoms with van der Waals surface area (Å²) in [6.45, 7) is 1.77. The molecule has 1 rings (SSSR count). The first-order valence-corrected chi connectivity index (χ1v) is 6.96. The minimum Gasteiger partial charge on any atom is -0.375 e. The van der Waals surface area contributed by atoms with Crippen molar-refractivity contribution in [3.63, 3.8) is 0 Å². The maximum Gasteiger partial charge on any atom is 0.261 e. The van der Waals surface area contributed by atoms with Crippen molar-refractivity contribution >= 4 is 15.9 Å². The number of halogens is 3. The van der Waals surface area contributed by atoms with Gasteiger partial charge < -0.3 is 10.1 Å². The summed E-state index contributed by atoms with van der Waals surface area (Å²) in [6, 6.07) is 0.170. The molecule has 1 atom stereocenters. The number of rotatable bonds is 8. The standard InChI is InChI=1S/C12H20BrF2N3O/c1-8-12(13)10(18(3)17-8)6-9(16-2)4-5-19-7-11(14)15/h9,11,16H,4-7H2,1-3H3. The minimum atomic E-state index is -2.40. The van der Waals surface area contributed by atoms with Gasteiger partial charge >= 0.3 is 0 Å². The number of hydrogen-bond donors (Lipinski definition) is 1. The SMILES string of the molecule is CNC(CCOCC(F)F)Cc1c(Br)c(C)nn1C. The molecule has 0 amide bonds. The first kappa shape index (κ1) is 16.5. The van der Waals surface area contributed by atoms with E-state index >= 15 is 0 Å². The molecule has 0 radical (unpaired) electrons. The van der Waals surface area contributed by atoms with Gasteiger partial charge in [-0.2, -0.15) is 5.10 Å². The predicted molar refractivity (Wildman–Crippen MR) is 73.6 cm³/mol. The Morgan fingerprint density at radius 3 is 2.63 bits per heavy atom. The van der Waals surface area contributed by atoms with Crippen LogP contribution in [0, 0.1) is 6.92 Å². The van der Waals surface area contributed by atoms with Crippen molar-refractivity contribution in [2.75, 3.05) is 20.3 Å². The minimum absolute atomic E-state index is 0.170. The van der Waals surface area contributed by atoms with Gasteiger partial charge in [0.15, 0.2) is 0 Å². The summed E-state index contributed by atoms with van der Waals surface area (Å²) in [5.41, 5.74) is 2.03. The smallest absolute Gasteiger partial charge is 0.261 e. The number of ether oxygens (including phenoxy) is 1. The Morgan fingerprint density at radius 2 is 2.16 bits per heavy atom. The van der Waals surface area contributed by atoms with Crippen LogP contribution in [0.5, 0.6) is 0 Å². The van der Waals surface area contributed by atoms with Crippen LogP contribution in [0.2, 0.25) is 0 Å². The summed E-state index contributed by atoms with van der Waals surface area (Å²) < 4.78 is 31.6. The second-order valence-corrected chi connectivity index (χ2v) is 5.21. The molecule has 4 nitrogen and oxygen atoms in total. The van der Waals surface area contributed by atoms with E-state index in [0.717, 1.165) is 22.3 Å². The summed E-state index contributed by atoms with van der Waals surface area (Å²) in [4.78, 5) is 0. The highest BCUT2D eigenvalue weighted by molar-refractivity contribution is 9.10. The van der Waals surface area contributed by atoms with Crippen LogP contribution in [0.1, 0.15) is 17.8 Å². The molecule has 110 valence electrons. The quantitative estimate of drug-likeness (QED) is 0.738. The van der Waals surface area contributed by atoms with Crippen molar-refractivity contribution in [2.24, 2.45) is 7.05 Å². The van der Waals surface area contributed by atoms with Gasteiger partial charge in [-0.15, -0.1) is 0 Å². The maximum atomic E-state index is 11.9. The molecule has 19 heavy (non-hydrogen) atoms. The zero-order chi connectivity index (χ0) is 14.4. The molecule has 1 aromatic heterocycles. The third-order valence-corrected chi connectivity index (χ3v) is 4.00. The predicted octanol–water partition coefficient (Wildman–Crippen LogP) is 2.29. The van der Waals surface area contributed by atoms with E-state index < -0.39 is 13.0 Å². The van der Waals surface area contributed by atoms with Crippen LogP contribution in [0.3, 0.4) is 0 Å². The summed E-state index contributed by atoms with van der Waals surface area (Å²) in [7, 11) is 3.75. The molecule has 1 unspecified atom stereocenters. The Labute approximate surface area is 120 Å². The second-order valence-electron chi connectivity index (χ2n) is 4.41. The molecule has 0 aliphatic rings. The number of nitrogens with one attached hydrogen (secondary N) is 1. The van der Waals surface area contributed by atoms with E-state index in [4.69, 9.17) is 4.74 Å². The van der Waals surface area contributed by atoms with Crippen molar-refractivity contribution in [1.29, 1.82) is 0 Å². The van der Waals surface area contributed by atoms with E-state index in [0.29, 0.717) is 13.0 Å². The maximum absolute atomic E-state index is 11.9. The van der Waals surface area contributed by atoms with Crippen molar-refractivity contribution in [1.82, 2.24) is 15.1 Å². The fraction of sp³-hybridized carbons (Fsp3) is 0.750. The van der Waals surface area contributed by atoms with Crippen LogP contribution in [0.15, 0.2) is 4.47 Å². The average molecular weight is 340 g/mol. The largest absolute Gasteiger partial charge is 0.375 e. The fourth-order valence-electron chi connectivity index (χ4n) is 1.88. The van der Waals surface area contributed by atoms with Gasteiger partial charge in [-0.05, 0) is 36.3 Å². The highest BCUT2D eigenvalue weighted by atomic mass is 79.9. The molecule has 0 aliphatic carbocycles. The van der Waals surface area contributed by atoms with Gasteiger partial charge in [-0.25, -0.2) is 8.78 Å². The van der Waals surface area contributed by atoms with Gasteiger partial charge in [-0.1, -0.05) is 0 Å². The normalized spacial score (nSPS) is 13.2. The van der Waals surface area contributed by atoms with Gasteiger partial charge in [0.25, 0.3) is 6.43 Å². The van der Waals surface area contributed by atoms with Crippen LogP contribution in [-0.4, -0.2) is 42.5 Å². The van der Waals surface area contributed by atoms with E-state index in [-0.39, 0.29) is 6.04 Å². The van der Waals surface area contributed by atoms with Crippen LogP contribution in [0.25, 0.3) is 0 Å². The Balaban J connectivity index is 2.48.